The SMILES string of the molecule is Cc1cc2cc(N)ccc2cc1N(C)C. The summed E-state index contributed by atoms with van der Waals surface area (Å²) < 4.78 is 0. The van der Waals surface area contributed by atoms with E-state index < -0.39 is 0 Å². The second kappa shape index (κ2) is 3.46. The minimum absolute atomic E-state index is 0.819. The molecule has 0 aliphatic rings. The molecule has 2 aromatic rings. The third-order valence-electron chi connectivity index (χ3n) is 2.66. The summed E-state index contributed by atoms with van der Waals surface area (Å²) in [5.41, 5.74) is 9.11. The van der Waals surface area contributed by atoms with Crippen molar-refractivity contribution < 1.29 is 0 Å². The second-order valence-electron chi connectivity index (χ2n) is 4.14. The minimum Gasteiger partial charge on any atom is -0.399 e. The van der Waals surface area contributed by atoms with Gasteiger partial charge in [0.2, 0.25) is 0 Å². The molecule has 0 unspecified atom stereocenters. The van der Waals surface area contributed by atoms with E-state index in [2.05, 4.69) is 44.1 Å². The lowest BCUT2D eigenvalue weighted by Gasteiger charge is -2.16. The maximum atomic E-state index is 5.76. The molecule has 2 rings (SSSR count). The molecule has 0 atom stereocenters. The van der Waals surface area contributed by atoms with Crippen molar-refractivity contribution in [2.24, 2.45) is 0 Å². The zero-order valence-electron chi connectivity index (χ0n) is 9.41. The van der Waals surface area contributed by atoms with Gasteiger partial charge >= 0.3 is 0 Å². The topological polar surface area (TPSA) is 29.3 Å². The first-order valence-corrected chi connectivity index (χ1v) is 5.05. The molecule has 0 amide bonds. The average molecular weight is 200 g/mol. The Hall–Kier alpha value is -1.70. The van der Waals surface area contributed by atoms with E-state index in [1.165, 1.54) is 22.0 Å². The maximum absolute atomic E-state index is 5.76. The lowest BCUT2D eigenvalue weighted by Crippen LogP contribution is -2.10. The number of rotatable bonds is 1. The number of nitrogens with zero attached hydrogens (tertiary/aromatic N) is 1. The molecule has 0 aromatic heterocycles. The molecule has 0 bridgehead atoms. The van der Waals surface area contributed by atoms with E-state index in [0.717, 1.165) is 5.69 Å². The van der Waals surface area contributed by atoms with Gasteiger partial charge in [0.05, 0.1) is 0 Å². The minimum atomic E-state index is 0.819. The highest BCUT2D eigenvalue weighted by atomic mass is 15.1. The molecule has 2 N–H and O–H groups in total. The van der Waals surface area contributed by atoms with Crippen LogP contribution in [-0.2, 0) is 0 Å². The van der Waals surface area contributed by atoms with Crippen molar-refractivity contribution in [3.05, 3.63) is 35.9 Å². The summed E-state index contributed by atoms with van der Waals surface area (Å²) in [6, 6.07) is 10.4. The molecule has 0 heterocycles. The molecule has 0 radical (unpaired) electrons. The van der Waals surface area contributed by atoms with Crippen molar-refractivity contribution >= 4 is 22.1 Å². The predicted octanol–water partition coefficient (Wildman–Crippen LogP) is 2.80. The molecule has 0 aliphatic heterocycles. The Balaban J connectivity index is 2.71. The zero-order valence-corrected chi connectivity index (χ0v) is 9.41. The van der Waals surface area contributed by atoms with Gasteiger partial charge in [-0.05, 0) is 47.5 Å². The Morgan fingerprint density at radius 3 is 2.40 bits per heavy atom. The molecule has 0 saturated carbocycles. The lowest BCUT2D eigenvalue weighted by molar-refractivity contribution is 1.12. The van der Waals surface area contributed by atoms with Crippen LogP contribution >= 0.6 is 0 Å². The van der Waals surface area contributed by atoms with Crippen LogP contribution in [0.1, 0.15) is 5.56 Å². The molecule has 2 nitrogen and oxygen atoms in total. The number of fused-ring (bicyclic) bond motifs is 1. The summed E-state index contributed by atoms with van der Waals surface area (Å²) in [6.45, 7) is 2.12. The summed E-state index contributed by atoms with van der Waals surface area (Å²) in [7, 11) is 4.12. The second-order valence-corrected chi connectivity index (χ2v) is 4.14. The van der Waals surface area contributed by atoms with Gasteiger partial charge < -0.3 is 10.6 Å². The number of nitrogens with two attached hydrogens (primary N) is 1. The molecule has 0 fully saturated rings. The molecule has 0 spiro atoms. The molecule has 78 valence electrons. The Morgan fingerprint density at radius 1 is 1.00 bits per heavy atom. The van der Waals surface area contributed by atoms with Crippen LogP contribution in [0.25, 0.3) is 10.8 Å². The van der Waals surface area contributed by atoms with E-state index in [0.29, 0.717) is 0 Å². The van der Waals surface area contributed by atoms with Crippen molar-refractivity contribution in [2.75, 3.05) is 24.7 Å². The largest absolute Gasteiger partial charge is 0.399 e. The molecule has 0 saturated heterocycles. The van der Waals surface area contributed by atoms with E-state index in [1.807, 2.05) is 12.1 Å². The van der Waals surface area contributed by atoms with E-state index in [4.69, 9.17) is 5.73 Å². The third-order valence-corrected chi connectivity index (χ3v) is 2.66. The molecule has 15 heavy (non-hydrogen) atoms. The summed E-state index contributed by atoms with van der Waals surface area (Å²) >= 11 is 0. The Bertz CT molecular complexity index is 501. The summed E-state index contributed by atoms with van der Waals surface area (Å²) in [6.07, 6.45) is 0. The first-order valence-electron chi connectivity index (χ1n) is 5.05. The average Bonchev–Trinajstić information content (AvgIpc) is 2.15. The van der Waals surface area contributed by atoms with E-state index in [9.17, 15) is 0 Å². The number of aryl methyl sites for hydroxylation is 1. The first kappa shape index (κ1) is 9.84. The van der Waals surface area contributed by atoms with Crippen LogP contribution < -0.4 is 10.6 Å². The Morgan fingerprint density at radius 2 is 1.73 bits per heavy atom. The third kappa shape index (κ3) is 1.75. The predicted molar refractivity (Wildman–Crippen MR) is 67.4 cm³/mol. The summed E-state index contributed by atoms with van der Waals surface area (Å²) in [5.74, 6) is 0. The van der Waals surface area contributed by atoms with Gasteiger partial charge in [0.1, 0.15) is 0 Å². The van der Waals surface area contributed by atoms with E-state index >= 15 is 0 Å². The van der Waals surface area contributed by atoms with Crippen molar-refractivity contribution in [3.8, 4) is 0 Å². The van der Waals surface area contributed by atoms with E-state index in [-0.39, 0.29) is 0 Å². The number of hydrogen-bond donors (Lipinski definition) is 1. The number of nitrogen functional groups attached to an aromatic ring is 1. The van der Waals surface area contributed by atoms with Gasteiger partial charge in [-0.1, -0.05) is 6.07 Å². The smallest absolute Gasteiger partial charge is 0.0397 e. The highest BCUT2D eigenvalue weighted by molar-refractivity contribution is 5.89. The first-order chi connectivity index (χ1) is 7.08. The van der Waals surface area contributed by atoms with Crippen molar-refractivity contribution in [1.29, 1.82) is 0 Å². The summed E-state index contributed by atoms with van der Waals surface area (Å²) in [4.78, 5) is 2.13. The maximum Gasteiger partial charge on any atom is 0.0397 e. The normalized spacial score (nSPS) is 10.6. The number of anilines is 2. The molecule has 2 aromatic carbocycles. The van der Waals surface area contributed by atoms with Crippen molar-refractivity contribution in [1.82, 2.24) is 0 Å². The lowest BCUT2D eigenvalue weighted by atomic mass is 10.0. The molecular weight excluding hydrogens is 184 g/mol. The zero-order chi connectivity index (χ0) is 11.0. The van der Waals surface area contributed by atoms with Gasteiger partial charge in [-0.15, -0.1) is 0 Å². The number of benzene rings is 2. The van der Waals surface area contributed by atoms with Crippen molar-refractivity contribution in [2.45, 2.75) is 6.92 Å². The van der Waals surface area contributed by atoms with E-state index in [1.54, 1.807) is 0 Å². The number of hydrogen-bond acceptors (Lipinski definition) is 2. The monoisotopic (exact) mass is 200 g/mol. The fraction of sp³-hybridized carbons (Fsp3) is 0.231. The van der Waals surface area contributed by atoms with Crippen LogP contribution in [0.4, 0.5) is 11.4 Å². The van der Waals surface area contributed by atoms with Gasteiger partial charge in [-0.3, -0.25) is 0 Å². The van der Waals surface area contributed by atoms with Crippen LogP contribution in [0, 0.1) is 6.92 Å². The van der Waals surface area contributed by atoms with Crippen LogP contribution in [-0.4, -0.2) is 14.1 Å². The fourth-order valence-electron chi connectivity index (χ4n) is 1.90. The van der Waals surface area contributed by atoms with Gasteiger partial charge in [0, 0.05) is 25.5 Å². The molecule has 0 aliphatic carbocycles. The standard InChI is InChI=1S/C13H16N2/c1-9-6-11-7-12(14)5-4-10(11)8-13(9)15(2)3/h4-8H,14H2,1-3H3. The van der Waals surface area contributed by atoms with Crippen LogP contribution in [0.2, 0.25) is 0 Å². The van der Waals surface area contributed by atoms with Gasteiger partial charge in [0.15, 0.2) is 0 Å². The Labute approximate surface area is 90.3 Å². The van der Waals surface area contributed by atoms with Crippen LogP contribution in [0.3, 0.4) is 0 Å². The van der Waals surface area contributed by atoms with Gasteiger partial charge in [-0.25, -0.2) is 0 Å². The van der Waals surface area contributed by atoms with Crippen LogP contribution in [0.15, 0.2) is 30.3 Å². The van der Waals surface area contributed by atoms with Crippen molar-refractivity contribution in [3.63, 3.8) is 0 Å². The highest BCUT2D eigenvalue weighted by Gasteiger charge is 2.03. The van der Waals surface area contributed by atoms with Crippen LogP contribution in [0.5, 0.6) is 0 Å². The van der Waals surface area contributed by atoms with Gasteiger partial charge in [-0.2, -0.15) is 0 Å². The Kier molecular flexibility index (Phi) is 2.27. The van der Waals surface area contributed by atoms with Gasteiger partial charge in [0.25, 0.3) is 0 Å². The fourth-order valence-corrected chi connectivity index (χ4v) is 1.90. The molecular formula is C13H16N2. The molecule has 2 heteroatoms. The quantitative estimate of drug-likeness (QED) is 0.717. The highest BCUT2D eigenvalue weighted by Crippen LogP contribution is 2.26. The summed E-state index contributed by atoms with van der Waals surface area (Å²) in [5, 5.41) is 2.44.